The average molecular weight is 514 g/mol. The van der Waals surface area contributed by atoms with Crippen LogP contribution in [0.25, 0.3) is 0 Å². The Kier molecular flexibility index (Phi) is 8.33. The minimum Gasteiger partial charge on any atom is -0.488 e. The summed E-state index contributed by atoms with van der Waals surface area (Å²) >= 11 is 0. The van der Waals surface area contributed by atoms with Gasteiger partial charge in [0.25, 0.3) is 5.91 Å². The third kappa shape index (κ3) is 7.05. The summed E-state index contributed by atoms with van der Waals surface area (Å²) in [5, 5.41) is 4.11. The fraction of sp³-hybridized carbons (Fsp3) is 0.103. The second kappa shape index (κ2) is 12.0. The van der Waals surface area contributed by atoms with Crippen LogP contribution in [0.15, 0.2) is 114 Å². The molecule has 0 fully saturated rings. The fourth-order valence-electron chi connectivity index (χ4n) is 3.69. The van der Waals surface area contributed by atoms with Crippen molar-refractivity contribution in [2.75, 3.05) is 10.6 Å². The first-order chi connectivity index (χ1) is 17.9. The number of anilines is 1. The fourth-order valence-corrected chi connectivity index (χ4v) is 4.59. The number of carbonyl (C=O) groups is 1. The predicted octanol–water partition coefficient (Wildman–Crippen LogP) is 5.00. The molecular weight excluding hydrogens is 486 g/mol. The molecule has 0 aliphatic heterocycles. The van der Waals surface area contributed by atoms with Gasteiger partial charge >= 0.3 is 0 Å². The lowest BCUT2D eigenvalue weighted by atomic mass is 10.1. The first kappa shape index (κ1) is 25.7. The zero-order valence-electron chi connectivity index (χ0n) is 20.3. The minimum atomic E-state index is -3.67. The van der Waals surface area contributed by atoms with Crippen molar-refractivity contribution < 1.29 is 17.9 Å². The molecule has 188 valence electrons. The van der Waals surface area contributed by atoms with Crippen molar-refractivity contribution in [3.05, 3.63) is 131 Å². The molecule has 8 heteroatoms. The molecule has 4 rings (SSSR count). The number of carbonyl (C=O) groups excluding carboxylic acids is 1. The summed E-state index contributed by atoms with van der Waals surface area (Å²) in [7, 11) is -3.67. The van der Waals surface area contributed by atoms with Gasteiger partial charge in [0.05, 0.1) is 30.3 Å². The number of nitrogens with one attached hydrogen (secondary N) is 1. The van der Waals surface area contributed by atoms with Crippen molar-refractivity contribution >= 4 is 27.8 Å². The van der Waals surface area contributed by atoms with E-state index in [2.05, 4.69) is 10.5 Å². The highest BCUT2D eigenvalue weighted by Crippen LogP contribution is 2.25. The van der Waals surface area contributed by atoms with Crippen LogP contribution in [-0.4, -0.2) is 26.8 Å². The summed E-state index contributed by atoms with van der Waals surface area (Å²) in [6.07, 6.45) is 2.62. The van der Waals surface area contributed by atoms with Crippen molar-refractivity contribution in [1.82, 2.24) is 5.43 Å². The summed E-state index contributed by atoms with van der Waals surface area (Å²) in [5.41, 5.74) is 5.49. The molecule has 0 saturated carbocycles. The van der Waals surface area contributed by atoms with Gasteiger partial charge in [0.2, 0.25) is 10.0 Å². The summed E-state index contributed by atoms with van der Waals surface area (Å²) in [5.74, 6) is 0.0899. The molecule has 0 spiro atoms. The highest BCUT2D eigenvalue weighted by Gasteiger charge is 2.23. The number of amides is 1. The number of para-hydroxylation sites is 2. The van der Waals surface area contributed by atoms with E-state index in [1.807, 2.05) is 84.9 Å². The number of benzene rings is 4. The van der Waals surface area contributed by atoms with Crippen LogP contribution in [0.4, 0.5) is 5.69 Å². The SMILES string of the molecule is CS(=O)(=O)N(Cc1ccccc1)c1ccccc1C(=O)N/N=C/c1ccccc1OCc1ccccc1. The zero-order chi connectivity index (χ0) is 26.1. The van der Waals surface area contributed by atoms with Gasteiger partial charge in [0.15, 0.2) is 0 Å². The normalized spacial score (nSPS) is 11.3. The van der Waals surface area contributed by atoms with Crippen molar-refractivity contribution in [3.8, 4) is 5.75 Å². The van der Waals surface area contributed by atoms with Gasteiger partial charge in [-0.05, 0) is 35.4 Å². The number of ether oxygens (including phenoxy) is 1. The lowest BCUT2D eigenvalue weighted by Gasteiger charge is -2.24. The summed E-state index contributed by atoms with van der Waals surface area (Å²) in [6.45, 7) is 0.494. The molecule has 0 unspecified atom stereocenters. The van der Waals surface area contributed by atoms with Crippen molar-refractivity contribution in [2.24, 2.45) is 5.10 Å². The Morgan fingerprint density at radius 3 is 2.14 bits per heavy atom. The molecule has 0 saturated heterocycles. The lowest BCUT2D eigenvalue weighted by Crippen LogP contribution is -2.32. The maximum atomic E-state index is 13.1. The number of hydrazone groups is 1. The van der Waals surface area contributed by atoms with Gasteiger partial charge in [-0.25, -0.2) is 13.8 Å². The number of hydrogen-bond acceptors (Lipinski definition) is 5. The van der Waals surface area contributed by atoms with E-state index in [1.54, 1.807) is 24.3 Å². The number of sulfonamides is 1. The molecule has 0 atom stereocenters. The molecule has 1 N–H and O–H groups in total. The molecule has 0 aliphatic carbocycles. The largest absolute Gasteiger partial charge is 0.488 e. The zero-order valence-corrected chi connectivity index (χ0v) is 21.1. The van der Waals surface area contributed by atoms with E-state index in [9.17, 15) is 13.2 Å². The maximum absolute atomic E-state index is 13.1. The molecule has 0 bridgehead atoms. The molecule has 4 aromatic carbocycles. The van der Waals surface area contributed by atoms with Crippen LogP contribution in [0.1, 0.15) is 27.0 Å². The van der Waals surface area contributed by atoms with Crippen LogP contribution < -0.4 is 14.5 Å². The molecule has 37 heavy (non-hydrogen) atoms. The minimum absolute atomic E-state index is 0.0966. The third-order valence-corrected chi connectivity index (χ3v) is 6.64. The summed E-state index contributed by atoms with van der Waals surface area (Å²) in [4.78, 5) is 13.1. The molecule has 0 heterocycles. The number of rotatable bonds is 10. The molecular formula is C29H27N3O4S. The maximum Gasteiger partial charge on any atom is 0.273 e. The smallest absolute Gasteiger partial charge is 0.273 e. The van der Waals surface area contributed by atoms with E-state index in [1.165, 1.54) is 10.5 Å². The Hall–Kier alpha value is -4.43. The monoisotopic (exact) mass is 513 g/mol. The van der Waals surface area contributed by atoms with Crippen LogP contribution in [0, 0.1) is 0 Å². The number of nitrogens with zero attached hydrogens (tertiary/aromatic N) is 2. The Labute approximate surface area is 217 Å². The first-order valence-electron chi connectivity index (χ1n) is 11.6. The van der Waals surface area contributed by atoms with Gasteiger partial charge in [-0.3, -0.25) is 9.10 Å². The Morgan fingerprint density at radius 1 is 0.838 bits per heavy atom. The highest BCUT2D eigenvalue weighted by molar-refractivity contribution is 7.92. The second-order valence-corrected chi connectivity index (χ2v) is 10.2. The van der Waals surface area contributed by atoms with Crippen LogP contribution in [0.5, 0.6) is 5.75 Å². The topological polar surface area (TPSA) is 88.1 Å². The van der Waals surface area contributed by atoms with Crippen molar-refractivity contribution in [3.63, 3.8) is 0 Å². The molecule has 4 aromatic rings. The summed E-state index contributed by atoms with van der Waals surface area (Å²) in [6, 6.07) is 32.9. The lowest BCUT2D eigenvalue weighted by molar-refractivity contribution is 0.0955. The van der Waals surface area contributed by atoms with Gasteiger partial charge in [-0.1, -0.05) is 84.9 Å². The van der Waals surface area contributed by atoms with Crippen molar-refractivity contribution in [1.29, 1.82) is 0 Å². The molecule has 7 nitrogen and oxygen atoms in total. The van der Waals surface area contributed by atoms with Gasteiger partial charge in [-0.15, -0.1) is 0 Å². The van der Waals surface area contributed by atoms with Gasteiger partial charge in [-0.2, -0.15) is 5.10 Å². The number of hydrogen-bond donors (Lipinski definition) is 1. The van der Waals surface area contributed by atoms with E-state index in [0.29, 0.717) is 17.9 Å². The van der Waals surface area contributed by atoms with Crippen LogP contribution >= 0.6 is 0 Å². The van der Waals surface area contributed by atoms with Crippen LogP contribution in [0.2, 0.25) is 0 Å². The Morgan fingerprint density at radius 2 is 1.43 bits per heavy atom. The third-order valence-electron chi connectivity index (χ3n) is 5.51. The van der Waals surface area contributed by atoms with E-state index in [0.717, 1.165) is 17.4 Å². The molecule has 0 aliphatic rings. The summed E-state index contributed by atoms with van der Waals surface area (Å²) < 4.78 is 32.5. The molecule has 0 aromatic heterocycles. The molecule has 0 radical (unpaired) electrons. The van der Waals surface area contributed by atoms with Crippen molar-refractivity contribution in [2.45, 2.75) is 13.2 Å². The molecule has 1 amide bonds. The van der Waals surface area contributed by atoms with Crippen LogP contribution in [0.3, 0.4) is 0 Å². The first-order valence-corrected chi connectivity index (χ1v) is 13.5. The van der Waals surface area contributed by atoms with Gasteiger partial charge < -0.3 is 4.74 Å². The Balaban J connectivity index is 1.51. The predicted molar refractivity (Wildman–Crippen MR) is 146 cm³/mol. The second-order valence-electron chi connectivity index (χ2n) is 8.28. The van der Waals surface area contributed by atoms with Gasteiger partial charge in [0.1, 0.15) is 12.4 Å². The van der Waals surface area contributed by atoms with E-state index < -0.39 is 15.9 Å². The van der Waals surface area contributed by atoms with Gasteiger partial charge in [0, 0.05) is 5.56 Å². The quantitative estimate of drug-likeness (QED) is 0.239. The van der Waals surface area contributed by atoms with E-state index in [-0.39, 0.29) is 17.8 Å². The van der Waals surface area contributed by atoms with Crippen LogP contribution in [-0.2, 0) is 23.2 Å². The van der Waals surface area contributed by atoms with E-state index >= 15 is 0 Å². The average Bonchev–Trinajstić information content (AvgIpc) is 2.91. The van der Waals surface area contributed by atoms with E-state index in [4.69, 9.17) is 4.74 Å². The Bertz CT molecular complexity index is 1470. The highest BCUT2D eigenvalue weighted by atomic mass is 32.2. The standard InChI is InChI=1S/C29H27N3O4S/c1-37(34,35)32(21-23-12-4-2-5-13-23)27-18-10-9-17-26(27)29(33)31-30-20-25-16-8-11-19-28(25)36-22-24-14-6-3-7-15-24/h2-20H,21-22H2,1H3,(H,31,33)/b30-20+.